The number of aliphatic hydroxyl groups is 1. The number of amides is 1. The Hall–Kier alpha value is -1.39. The third-order valence-electron chi connectivity index (χ3n) is 3.88. The fraction of sp³-hybridized carbons (Fsp3) is 0.500. The van der Waals surface area contributed by atoms with Gasteiger partial charge in [0.05, 0.1) is 18.2 Å². The number of fused-ring (bicyclic) bond motifs is 1. The smallest absolute Gasteiger partial charge is 0.237 e. The third-order valence-corrected chi connectivity index (χ3v) is 3.88. The van der Waals surface area contributed by atoms with Crippen LogP contribution in [0, 0.1) is 0 Å². The van der Waals surface area contributed by atoms with Gasteiger partial charge in [-0.3, -0.25) is 4.79 Å². The zero-order valence-electron chi connectivity index (χ0n) is 10.2. The predicted molar refractivity (Wildman–Crippen MR) is 68.1 cm³/mol. The number of hydrogen-bond donors (Lipinski definition) is 3. The highest BCUT2D eigenvalue weighted by molar-refractivity contribution is 5.82. The molecule has 1 aliphatic heterocycles. The molecule has 1 fully saturated rings. The molecular weight excluding hydrogens is 228 g/mol. The molecule has 1 saturated heterocycles. The van der Waals surface area contributed by atoms with Crippen LogP contribution in [0.15, 0.2) is 24.3 Å². The maximum atomic E-state index is 12.1. The molecule has 1 aliphatic carbocycles. The van der Waals surface area contributed by atoms with Crippen LogP contribution in [0.3, 0.4) is 0 Å². The first-order valence-corrected chi connectivity index (χ1v) is 6.55. The van der Waals surface area contributed by atoms with Gasteiger partial charge in [0, 0.05) is 6.42 Å². The molecule has 2 aliphatic rings. The average molecular weight is 246 g/mol. The number of carbonyl (C=O) groups is 1. The standard InChI is InChI=1S/C14H18N2O2/c17-12-8-9-4-1-2-5-10(9)13(12)16-14(18)11-6-3-7-15-11/h1-2,4-5,11-13,15,17H,3,6-8H2,(H,16,18)/t11-,12-,13+/m1/s1. The molecule has 0 saturated carbocycles. The molecule has 0 bridgehead atoms. The lowest BCUT2D eigenvalue weighted by molar-refractivity contribution is -0.124. The highest BCUT2D eigenvalue weighted by atomic mass is 16.3. The van der Waals surface area contributed by atoms with E-state index in [1.807, 2.05) is 24.3 Å². The molecule has 3 rings (SSSR count). The summed E-state index contributed by atoms with van der Waals surface area (Å²) in [6, 6.07) is 7.57. The lowest BCUT2D eigenvalue weighted by Gasteiger charge is -2.20. The van der Waals surface area contributed by atoms with Crippen LogP contribution < -0.4 is 10.6 Å². The zero-order valence-corrected chi connectivity index (χ0v) is 10.2. The maximum Gasteiger partial charge on any atom is 0.237 e. The zero-order chi connectivity index (χ0) is 12.5. The molecule has 1 heterocycles. The van der Waals surface area contributed by atoms with Gasteiger partial charge in [0.15, 0.2) is 0 Å². The van der Waals surface area contributed by atoms with Crippen LogP contribution in [0.5, 0.6) is 0 Å². The second-order valence-corrected chi connectivity index (χ2v) is 5.11. The summed E-state index contributed by atoms with van der Waals surface area (Å²) in [5.74, 6) is 0.00764. The van der Waals surface area contributed by atoms with Gasteiger partial charge in [-0.2, -0.15) is 0 Å². The van der Waals surface area contributed by atoms with E-state index in [0.717, 1.165) is 30.5 Å². The molecule has 4 nitrogen and oxygen atoms in total. The summed E-state index contributed by atoms with van der Waals surface area (Å²) in [5, 5.41) is 16.2. The summed E-state index contributed by atoms with van der Waals surface area (Å²) < 4.78 is 0. The number of hydrogen-bond acceptors (Lipinski definition) is 3. The van der Waals surface area contributed by atoms with Crippen molar-refractivity contribution in [3.63, 3.8) is 0 Å². The SMILES string of the molecule is O=C(N[C@H]1c2ccccc2C[C@H]1O)[C@H]1CCCN1. The second-order valence-electron chi connectivity index (χ2n) is 5.11. The summed E-state index contributed by atoms with van der Waals surface area (Å²) in [4.78, 5) is 12.1. The molecule has 4 heteroatoms. The molecule has 96 valence electrons. The van der Waals surface area contributed by atoms with Crippen LogP contribution in [-0.4, -0.2) is 29.7 Å². The van der Waals surface area contributed by atoms with Gasteiger partial charge in [0.2, 0.25) is 5.91 Å². The first-order valence-electron chi connectivity index (χ1n) is 6.55. The summed E-state index contributed by atoms with van der Waals surface area (Å²) in [6.07, 6.45) is 2.05. The molecule has 1 amide bonds. The quantitative estimate of drug-likeness (QED) is 0.712. The summed E-state index contributed by atoms with van der Waals surface area (Å²) in [5.41, 5.74) is 2.19. The molecule has 18 heavy (non-hydrogen) atoms. The summed E-state index contributed by atoms with van der Waals surface area (Å²) >= 11 is 0. The van der Waals surface area contributed by atoms with Crippen molar-refractivity contribution in [1.29, 1.82) is 0 Å². The number of benzene rings is 1. The van der Waals surface area contributed by atoms with Crippen LogP contribution in [0.1, 0.15) is 30.0 Å². The van der Waals surface area contributed by atoms with Crippen molar-refractivity contribution in [2.75, 3.05) is 6.54 Å². The third kappa shape index (κ3) is 2.02. The van der Waals surface area contributed by atoms with Gasteiger partial charge >= 0.3 is 0 Å². The first kappa shape index (κ1) is 11.7. The summed E-state index contributed by atoms with van der Waals surface area (Å²) in [6.45, 7) is 0.905. The fourth-order valence-corrected chi connectivity index (χ4v) is 2.91. The Labute approximate surface area is 106 Å². The van der Waals surface area contributed by atoms with E-state index < -0.39 is 6.10 Å². The van der Waals surface area contributed by atoms with E-state index in [1.165, 1.54) is 0 Å². The second kappa shape index (κ2) is 4.71. The van der Waals surface area contributed by atoms with E-state index in [2.05, 4.69) is 10.6 Å². The maximum absolute atomic E-state index is 12.1. The van der Waals surface area contributed by atoms with Gasteiger partial charge in [0.25, 0.3) is 0 Å². The minimum absolute atomic E-state index is 0.00764. The van der Waals surface area contributed by atoms with Gasteiger partial charge in [-0.05, 0) is 30.5 Å². The van der Waals surface area contributed by atoms with E-state index in [9.17, 15) is 9.90 Å². The minimum Gasteiger partial charge on any atom is -0.390 e. The van der Waals surface area contributed by atoms with Gasteiger partial charge in [-0.1, -0.05) is 24.3 Å². The van der Waals surface area contributed by atoms with Crippen LogP contribution in [0.4, 0.5) is 0 Å². The van der Waals surface area contributed by atoms with E-state index in [-0.39, 0.29) is 18.0 Å². The Morgan fingerprint density at radius 1 is 1.39 bits per heavy atom. The molecule has 0 unspecified atom stereocenters. The minimum atomic E-state index is -0.507. The Kier molecular flexibility index (Phi) is 3.06. The fourth-order valence-electron chi connectivity index (χ4n) is 2.91. The van der Waals surface area contributed by atoms with Crippen LogP contribution >= 0.6 is 0 Å². The lowest BCUT2D eigenvalue weighted by atomic mass is 10.1. The monoisotopic (exact) mass is 246 g/mol. The molecule has 1 aromatic rings. The Bertz CT molecular complexity index is 455. The summed E-state index contributed by atoms with van der Waals surface area (Å²) in [7, 11) is 0. The van der Waals surface area contributed by atoms with E-state index in [0.29, 0.717) is 6.42 Å². The number of rotatable bonds is 2. The Morgan fingerprint density at radius 3 is 3.00 bits per heavy atom. The highest BCUT2D eigenvalue weighted by Gasteiger charge is 2.33. The van der Waals surface area contributed by atoms with Crippen LogP contribution in [0.25, 0.3) is 0 Å². The van der Waals surface area contributed by atoms with Crippen molar-refractivity contribution in [2.24, 2.45) is 0 Å². The number of nitrogens with one attached hydrogen (secondary N) is 2. The van der Waals surface area contributed by atoms with Crippen molar-refractivity contribution < 1.29 is 9.90 Å². The van der Waals surface area contributed by atoms with Crippen LogP contribution in [-0.2, 0) is 11.2 Å². The van der Waals surface area contributed by atoms with E-state index >= 15 is 0 Å². The molecule has 1 aromatic carbocycles. The topological polar surface area (TPSA) is 61.4 Å². The molecule has 3 atom stereocenters. The Morgan fingerprint density at radius 2 is 2.22 bits per heavy atom. The normalized spacial score (nSPS) is 30.2. The van der Waals surface area contributed by atoms with Gasteiger partial charge in [-0.15, -0.1) is 0 Å². The molecular formula is C14H18N2O2. The number of aliphatic hydroxyl groups excluding tert-OH is 1. The van der Waals surface area contributed by atoms with E-state index in [4.69, 9.17) is 0 Å². The van der Waals surface area contributed by atoms with Crippen molar-refractivity contribution in [2.45, 2.75) is 37.5 Å². The van der Waals surface area contributed by atoms with Crippen molar-refractivity contribution in [3.8, 4) is 0 Å². The molecule has 0 spiro atoms. The lowest BCUT2D eigenvalue weighted by Crippen LogP contribution is -2.44. The van der Waals surface area contributed by atoms with Crippen LogP contribution in [0.2, 0.25) is 0 Å². The average Bonchev–Trinajstić information content (AvgIpc) is 2.98. The van der Waals surface area contributed by atoms with Gasteiger partial charge < -0.3 is 15.7 Å². The number of carbonyl (C=O) groups excluding carboxylic acids is 1. The first-order chi connectivity index (χ1) is 8.75. The molecule has 0 aromatic heterocycles. The van der Waals surface area contributed by atoms with Gasteiger partial charge in [-0.25, -0.2) is 0 Å². The molecule has 3 N–H and O–H groups in total. The molecule has 0 radical (unpaired) electrons. The Balaban J connectivity index is 1.74. The largest absolute Gasteiger partial charge is 0.390 e. The predicted octanol–water partition coefficient (Wildman–Crippen LogP) is 0.513. The van der Waals surface area contributed by atoms with Crippen molar-refractivity contribution in [1.82, 2.24) is 10.6 Å². The van der Waals surface area contributed by atoms with Crippen molar-refractivity contribution in [3.05, 3.63) is 35.4 Å². The van der Waals surface area contributed by atoms with Crippen molar-refractivity contribution >= 4 is 5.91 Å². The highest BCUT2D eigenvalue weighted by Crippen LogP contribution is 2.31. The van der Waals surface area contributed by atoms with E-state index in [1.54, 1.807) is 0 Å². The van der Waals surface area contributed by atoms with Gasteiger partial charge in [0.1, 0.15) is 0 Å².